The Morgan fingerprint density at radius 3 is 2.50 bits per heavy atom. The molecule has 6 nitrogen and oxygen atoms in total. The molecule has 1 aromatic rings. The number of nitrogens with zero attached hydrogens (tertiary/aromatic N) is 3. The van der Waals surface area contributed by atoms with Crippen molar-refractivity contribution in [1.82, 2.24) is 9.97 Å². The summed E-state index contributed by atoms with van der Waals surface area (Å²) in [6.45, 7) is 3.86. The van der Waals surface area contributed by atoms with Crippen molar-refractivity contribution in [3.63, 3.8) is 0 Å². The third kappa shape index (κ3) is 4.25. The van der Waals surface area contributed by atoms with Gasteiger partial charge < -0.3 is 16.0 Å². The van der Waals surface area contributed by atoms with E-state index >= 15 is 0 Å². The van der Waals surface area contributed by atoms with Gasteiger partial charge in [0.1, 0.15) is 5.82 Å². The number of nitrogens with two attached hydrogens (primary N) is 1. The lowest BCUT2D eigenvalue weighted by atomic mass is 10.3. The molecule has 0 aliphatic carbocycles. The summed E-state index contributed by atoms with van der Waals surface area (Å²) < 4.78 is 38.4. The van der Waals surface area contributed by atoms with Crippen molar-refractivity contribution in [3.05, 3.63) is 11.8 Å². The Hall–Kier alpha value is -2.06. The van der Waals surface area contributed by atoms with E-state index in [-0.39, 0.29) is 18.3 Å². The molecule has 1 heterocycles. The molecule has 9 heteroatoms. The molecule has 0 saturated heterocycles. The van der Waals surface area contributed by atoms with Gasteiger partial charge in [0.2, 0.25) is 11.9 Å². The molecule has 20 heavy (non-hydrogen) atoms. The van der Waals surface area contributed by atoms with E-state index in [1.54, 1.807) is 13.8 Å². The van der Waals surface area contributed by atoms with Crippen LogP contribution in [0.3, 0.4) is 0 Å². The summed E-state index contributed by atoms with van der Waals surface area (Å²) in [6, 6.07) is 0.799. The molecule has 0 aliphatic heterocycles. The van der Waals surface area contributed by atoms with E-state index in [0.717, 1.165) is 6.07 Å². The van der Waals surface area contributed by atoms with Gasteiger partial charge in [-0.3, -0.25) is 4.79 Å². The molecule has 1 rings (SSSR count). The number of primary amides is 1. The zero-order valence-electron chi connectivity index (χ0n) is 11.2. The van der Waals surface area contributed by atoms with Crippen molar-refractivity contribution in [1.29, 1.82) is 0 Å². The summed E-state index contributed by atoms with van der Waals surface area (Å²) in [6.07, 6.45) is -4.59. The van der Waals surface area contributed by atoms with E-state index in [9.17, 15) is 18.0 Å². The summed E-state index contributed by atoms with van der Waals surface area (Å²) in [4.78, 5) is 19.6. The smallest absolute Gasteiger partial charge is 0.368 e. The predicted molar refractivity (Wildman–Crippen MR) is 68.3 cm³/mol. The van der Waals surface area contributed by atoms with E-state index in [1.807, 2.05) is 0 Å². The van der Waals surface area contributed by atoms with Crippen LogP contribution in [0.5, 0.6) is 0 Å². The SMILES string of the molecule is CCNc1nc(N(CC)CC(N)=O)cc(C(F)(F)F)n1. The average Bonchev–Trinajstić information content (AvgIpc) is 2.34. The number of hydrogen-bond donors (Lipinski definition) is 2. The largest absolute Gasteiger partial charge is 0.433 e. The monoisotopic (exact) mass is 291 g/mol. The first kappa shape index (κ1) is 16.0. The van der Waals surface area contributed by atoms with Gasteiger partial charge in [0.15, 0.2) is 5.69 Å². The Kier molecular flexibility index (Phi) is 5.12. The summed E-state index contributed by atoms with van der Waals surface area (Å²) in [5.41, 5.74) is 4.00. The molecule has 0 spiro atoms. The number of likely N-dealkylation sites (N-methyl/N-ethyl adjacent to an activating group) is 1. The molecule has 0 radical (unpaired) electrons. The number of carbonyl (C=O) groups is 1. The van der Waals surface area contributed by atoms with Crippen LogP contribution in [-0.4, -0.2) is 35.5 Å². The number of alkyl halides is 3. The van der Waals surface area contributed by atoms with Gasteiger partial charge in [-0.05, 0) is 13.8 Å². The molecule has 3 N–H and O–H groups in total. The quantitative estimate of drug-likeness (QED) is 0.823. The highest BCUT2D eigenvalue weighted by Gasteiger charge is 2.34. The van der Waals surface area contributed by atoms with Crippen LogP contribution >= 0.6 is 0 Å². The third-order valence-electron chi connectivity index (χ3n) is 2.39. The number of carbonyl (C=O) groups excluding carboxylic acids is 1. The molecule has 0 unspecified atom stereocenters. The van der Waals surface area contributed by atoms with Crippen LogP contribution in [-0.2, 0) is 11.0 Å². The lowest BCUT2D eigenvalue weighted by Gasteiger charge is -2.21. The van der Waals surface area contributed by atoms with Crippen LogP contribution < -0.4 is 16.0 Å². The maximum absolute atomic E-state index is 12.8. The van der Waals surface area contributed by atoms with Gasteiger partial charge in [0.05, 0.1) is 6.54 Å². The number of nitrogens with one attached hydrogen (secondary N) is 1. The maximum Gasteiger partial charge on any atom is 0.433 e. The molecule has 0 saturated carbocycles. The van der Waals surface area contributed by atoms with Crippen molar-refractivity contribution in [2.24, 2.45) is 5.73 Å². The highest BCUT2D eigenvalue weighted by molar-refractivity contribution is 5.79. The lowest BCUT2D eigenvalue weighted by molar-refractivity contribution is -0.141. The minimum Gasteiger partial charge on any atom is -0.368 e. The Morgan fingerprint density at radius 1 is 1.40 bits per heavy atom. The third-order valence-corrected chi connectivity index (χ3v) is 2.39. The molecule has 0 bridgehead atoms. The van der Waals surface area contributed by atoms with Crippen molar-refractivity contribution in [2.75, 3.05) is 29.9 Å². The standard InChI is InChI=1S/C11H16F3N5O/c1-3-16-10-17-7(11(12,13)14)5-9(18-10)19(4-2)6-8(15)20/h5H,3-4,6H2,1-2H3,(H2,15,20)(H,16,17,18). The second-order valence-corrected chi connectivity index (χ2v) is 3.94. The Balaban J connectivity index is 3.22. The van der Waals surface area contributed by atoms with E-state index in [2.05, 4.69) is 15.3 Å². The number of rotatable bonds is 6. The van der Waals surface area contributed by atoms with Crippen LogP contribution in [0.15, 0.2) is 6.07 Å². The van der Waals surface area contributed by atoms with Crippen molar-refractivity contribution in [3.8, 4) is 0 Å². The Labute approximate surface area is 114 Å². The molecule has 112 valence electrons. The topological polar surface area (TPSA) is 84.1 Å². The van der Waals surface area contributed by atoms with E-state index < -0.39 is 17.8 Å². The first-order valence-electron chi connectivity index (χ1n) is 6.01. The summed E-state index contributed by atoms with van der Waals surface area (Å²) in [5, 5.41) is 2.63. The molecular formula is C11H16F3N5O. The van der Waals surface area contributed by atoms with Gasteiger partial charge in [-0.15, -0.1) is 0 Å². The highest BCUT2D eigenvalue weighted by Crippen LogP contribution is 2.30. The number of hydrogen-bond acceptors (Lipinski definition) is 5. The number of halogens is 3. The fourth-order valence-electron chi connectivity index (χ4n) is 1.52. The second kappa shape index (κ2) is 6.40. The molecule has 0 aromatic carbocycles. The molecule has 0 atom stereocenters. The van der Waals surface area contributed by atoms with Gasteiger partial charge in [-0.1, -0.05) is 0 Å². The van der Waals surface area contributed by atoms with Crippen molar-refractivity contribution >= 4 is 17.7 Å². The molecular weight excluding hydrogens is 275 g/mol. The van der Waals surface area contributed by atoms with Gasteiger partial charge >= 0.3 is 6.18 Å². The fourth-order valence-corrected chi connectivity index (χ4v) is 1.52. The predicted octanol–water partition coefficient (Wildman–Crippen LogP) is 1.24. The van der Waals surface area contributed by atoms with E-state index in [0.29, 0.717) is 13.1 Å². The van der Waals surface area contributed by atoms with Crippen molar-refractivity contribution < 1.29 is 18.0 Å². The van der Waals surface area contributed by atoms with Gasteiger partial charge in [-0.25, -0.2) is 4.98 Å². The van der Waals surface area contributed by atoms with Crippen LogP contribution in [0.25, 0.3) is 0 Å². The average molecular weight is 291 g/mol. The molecule has 1 aromatic heterocycles. The first-order valence-corrected chi connectivity index (χ1v) is 6.01. The van der Waals surface area contributed by atoms with Gasteiger partial charge in [-0.2, -0.15) is 18.2 Å². The molecule has 0 aliphatic rings. The Bertz CT molecular complexity index is 478. The number of amides is 1. The number of anilines is 2. The van der Waals surface area contributed by atoms with Crippen LogP contribution in [0.2, 0.25) is 0 Å². The normalized spacial score (nSPS) is 11.2. The molecule has 1 amide bonds. The maximum atomic E-state index is 12.8. The zero-order chi connectivity index (χ0) is 15.3. The summed E-state index contributed by atoms with van der Waals surface area (Å²) >= 11 is 0. The van der Waals surface area contributed by atoms with Crippen LogP contribution in [0.4, 0.5) is 24.9 Å². The van der Waals surface area contributed by atoms with Crippen LogP contribution in [0, 0.1) is 0 Å². The van der Waals surface area contributed by atoms with Crippen molar-refractivity contribution in [2.45, 2.75) is 20.0 Å². The van der Waals surface area contributed by atoms with Gasteiger partial charge in [0.25, 0.3) is 0 Å². The number of aromatic nitrogens is 2. The zero-order valence-corrected chi connectivity index (χ0v) is 11.2. The van der Waals surface area contributed by atoms with Crippen LogP contribution in [0.1, 0.15) is 19.5 Å². The first-order chi connectivity index (χ1) is 9.27. The lowest BCUT2D eigenvalue weighted by Crippen LogP contribution is -2.34. The Morgan fingerprint density at radius 2 is 2.05 bits per heavy atom. The minimum atomic E-state index is -4.59. The summed E-state index contributed by atoms with van der Waals surface area (Å²) in [7, 11) is 0. The molecule has 0 fully saturated rings. The van der Waals surface area contributed by atoms with E-state index in [1.165, 1.54) is 4.90 Å². The highest BCUT2D eigenvalue weighted by atomic mass is 19.4. The van der Waals surface area contributed by atoms with Gasteiger partial charge in [0, 0.05) is 19.2 Å². The second-order valence-electron chi connectivity index (χ2n) is 3.94. The fraction of sp³-hybridized carbons (Fsp3) is 0.545. The summed E-state index contributed by atoms with van der Waals surface area (Å²) in [5.74, 6) is -0.783. The van der Waals surface area contributed by atoms with E-state index in [4.69, 9.17) is 5.73 Å². The minimum absolute atomic E-state index is 0.00424.